The lowest BCUT2D eigenvalue weighted by atomic mass is 10.2. The highest BCUT2D eigenvalue weighted by atomic mass is 35.5. The van der Waals surface area contributed by atoms with Crippen LogP contribution in [-0.2, 0) is 4.79 Å². The number of benzene rings is 1. The molecule has 0 atom stereocenters. The van der Waals surface area contributed by atoms with Crippen LogP contribution in [0.4, 0.5) is 5.69 Å². The third-order valence-corrected chi connectivity index (χ3v) is 4.89. The number of carbonyl (C=O) groups excluding carboxylic acids is 1. The van der Waals surface area contributed by atoms with Crippen molar-refractivity contribution >= 4 is 57.8 Å². The second-order valence-electron chi connectivity index (χ2n) is 5.09. The molecule has 2 aromatic rings. The van der Waals surface area contributed by atoms with E-state index in [1.165, 1.54) is 11.8 Å². The number of aromatic nitrogens is 1. The maximum absolute atomic E-state index is 12.7. The fourth-order valence-electron chi connectivity index (χ4n) is 2.17. The molecule has 1 aliphatic rings. The number of rotatable bonds is 4. The zero-order chi connectivity index (χ0) is 17.8. The van der Waals surface area contributed by atoms with E-state index in [-0.39, 0.29) is 5.91 Å². The monoisotopic (exact) mass is 389 g/mol. The number of halogens is 2. The Bertz CT molecular complexity index is 881. The molecule has 3 rings (SSSR count). The molecule has 0 saturated carbocycles. The van der Waals surface area contributed by atoms with Crippen molar-refractivity contribution in [2.24, 2.45) is 4.99 Å². The Morgan fingerprint density at radius 3 is 2.84 bits per heavy atom. The first-order valence-corrected chi connectivity index (χ1v) is 8.92. The summed E-state index contributed by atoms with van der Waals surface area (Å²) in [7, 11) is 0. The largest absolute Gasteiger partial charge is 0.283 e. The number of pyridine rings is 1. The first-order valence-electron chi connectivity index (χ1n) is 7.34. The summed E-state index contributed by atoms with van der Waals surface area (Å²) in [5, 5.41) is 1.61. The predicted octanol–water partition coefficient (Wildman–Crippen LogP) is 5.18. The number of aliphatic imine (C=N–C) groups is 1. The Balaban J connectivity index is 1.97. The molecule has 7 heteroatoms. The molecule has 2 heterocycles. The van der Waals surface area contributed by atoms with Crippen molar-refractivity contribution in [1.29, 1.82) is 0 Å². The average Bonchev–Trinajstić information content (AvgIpc) is 2.87. The molecule has 25 heavy (non-hydrogen) atoms. The fourth-order valence-corrected chi connectivity index (χ4v) is 3.63. The Morgan fingerprint density at radius 1 is 1.32 bits per heavy atom. The molecule has 0 radical (unpaired) electrons. The van der Waals surface area contributed by atoms with Crippen molar-refractivity contribution in [2.45, 2.75) is 0 Å². The smallest absolute Gasteiger partial charge is 0.267 e. The molecule has 1 aliphatic heterocycles. The van der Waals surface area contributed by atoms with Gasteiger partial charge in [0.1, 0.15) is 0 Å². The second-order valence-corrected chi connectivity index (χ2v) is 6.94. The average molecular weight is 390 g/mol. The van der Waals surface area contributed by atoms with Crippen LogP contribution in [0.1, 0.15) is 5.56 Å². The molecule has 1 fully saturated rings. The lowest BCUT2D eigenvalue weighted by Crippen LogP contribution is -2.29. The SMILES string of the molecule is C=CCN1C(=O)/C(=C/c2ccc(Cl)cc2Cl)SC1=Nc1cccnc1. The topological polar surface area (TPSA) is 45.6 Å². The van der Waals surface area contributed by atoms with Gasteiger partial charge in [0.05, 0.1) is 16.8 Å². The lowest BCUT2D eigenvalue weighted by molar-refractivity contribution is -0.121. The van der Waals surface area contributed by atoms with E-state index in [0.717, 1.165) is 5.56 Å². The molecule has 1 aromatic heterocycles. The van der Waals surface area contributed by atoms with Crippen LogP contribution in [0.15, 0.2) is 65.3 Å². The maximum atomic E-state index is 12.7. The number of hydrogen-bond acceptors (Lipinski definition) is 4. The summed E-state index contributed by atoms with van der Waals surface area (Å²) in [6.45, 7) is 4.08. The van der Waals surface area contributed by atoms with E-state index in [1.54, 1.807) is 53.7 Å². The molecule has 0 N–H and O–H groups in total. The maximum Gasteiger partial charge on any atom is 0.267 e. The van der Waals surface area contributed by atoms with Crippen LogP contribution in [0.5, 0.6) is 0 Å². The summed E-state index contributed by atoms with van der Waals surface area (Å²) in [6.07, 6.45) is 6.72. The van der Waals surface area contributed by atoms with Crippen LogP contribution in [0.25, 0.3) is 6.08 Å². The minimum atomic E-state index is -0.140. The van der Waals surface area contributed by atoms with Crippen molar-refractivity contribution in [1.82, 2.24) is 9.88 Å². The minimum Gasteiger partial charge on any atom is -0.283 e. The van der Waals surface area contributed by atoms with Gasteiger partial charge in [-0.15, -0.1) is 6.58 Å². The standard InChI is InChI=1S/C18H13Cl2N3OS/c1-2-8-23-17(24)16(9-12-5-6-13(19)10-15(12)20)25-18(23)22-14-4-3-7-21-11-14/h2-7,9-11H,1,8H2/b16-9-,22-18?. The van der Waals surface area contributed by atoms with E-state index in [0.29, 0.717) is 32.4 Å². The highest BCUT2D eigenvalue weighted by Gasteiger charge is 2.32. The molecule has 1 amide bonds. The van der Waals surface area contributed by atoms with Gasteiger partial charge in [-0.2, -0.15) is 0 Å². The van der Waals surface area contributed by atoms with Gasteiger partial charge in [0.2, 0.25) is 0 Å². The minimum absolute atomic E-state index is 0.140. The van der Waals surface area contributed by atoms with Crippen molar-refractivity contribution in [3.05, 3.63) is 75.9 Å². The molecular formula is C18H13Cl2N3OS. The molecule has 4 nitrogen and oxygen atoms in total. The van der Waals surface area contributed by atoms with Crippen molar-refractivity contribution in [3.63, 3.8) is 0 Å². The number of thioether (sulfide) groups is 1. The van der Waals surface area contributed by atoms with E-state index >= 15 is 0 Å². The number of nitrogens with zero attached hydrogens (tertiary/aromatic N) is 3. The highest BCUT2D eigenvalue weighted by molar-refractivity contribution is 8.18. The van der Waals surface area contributed by atoms with Gasteiger partial charge in [0.25, 0.3) is 5.91 Å². The van der Waals surface area contributed by atoms with Gasteiger partial charge in [-0.05, 0) is 47.7 Å². The molecule has 126 valence electrons. The van der Waals surface area contributed by atoms with Crippen LogP contribution in [0.3, 0.4) is 0 Å². The van der Waals surface area contributed by atoms with E-state index in [9.17, 15) is 4.79 Å². The van der Waals surface area contributed by atoms with Crippen LogP contribution in [0.2, 0.25) is 10.0 Å². The van der Waals surface area contributed by atoms with E-state index in [1.807, 2.05) is 6.07 Å². The summed E-state index contributed by atoms with van der Waals surface area (Å²) in [5.74, 6) is -0.140. The molecule has 1 aromatic carbocycles. The zero-order valence-corrected chi connectivity index (χ0v) is 15.4. The molecule has 0 aliphatic carbocycles. The third kappa shape index (κ3) is 4.12. The fraction of sp³-hybridized carbons (Fsp3) is 0.0556. The quantitative estimate of drug-likeness (QED) is 0.534. The number of carbonyl (C=O) groups is 1. The van der Waals surface area contributed by atoms with Crippen LogP contribution in [-0.4, -0.2) is 27.5 Å². The summed E-state index contributed by atoms with van der Waals surface area (Å²) >= 11 is 13.4. The molecule has 0 spiro atoms. The molecule has 0 bridgehead atoms. The van der Waals surface area contributed by atoms with Crippen LogP contribution < -0.4 is 0 Å². The van der Waals surface area contributed by atoms with E-state index in [2.05, 4.69) is 16.6 Å². The lowest BCUT2D eigenvalue weighted by Gasteiger charge is -2.12. The summed E-state index contributed by atoms with van der Waals surface area (Å²) in [6, 6.07) is 8.78. The van der Waals surface area contributed by atoms with Gasteiger partial charge in [0, 0.05) is 22.8 Å². The third-order valence-electron chi connectivity index (χ3n) is 3.32. The zero-order valence-electron chi connectivity index (χ0n) is 13.0. The first-order chi connectivity index (χ1) is 12.1. The molecular weight excluding hydrogens is 377 g/mol. The highest BCUT2D eigenvalue weighted by Crippen LogP contribution is 2.35. The Hall–Kier alpha value is -2.08. The van der Waals surface area contributed by atoms with Crippen LogP contribution in [0, 0.1) is 0 Å². The van der Waals surface area contributed by atoms with Gasteiger partial charge >= 0.3 is 0 Å². The van der Waals surface area contributed by atoms with E-state index < -0.39 is 0 Å². The number of amides is 1. The first kappa shape index (κ1) is 17.7. The van der Waals surface area contributed by atoms with Crippen molar-refractivity contribution in [3.8, 4) is 0 Å². The molecule has 0 unspecified atom stereocenters. The Kier molecular flexibility index (Phi) is 5.58. The van der Waals surface area contributed by atoms with Gasteiger partial charge in [-0.3, -0.25) is 14.7 Å². The Morgan fingerprint density at radius 2 is 2.16 bits per heavy atom. The number of amidine groups is 1. The Labute approximate surface area is 159 Å². The molecule has 1 saturated heterocycles. The number of hydrogen-bond donors (Lipinski definition) is 0. The second kappa shape index (κ2) is 7.87. The van der Waals surface area contributed by atoms with Crippen molar-refractivity contribution < 1.29 is 4.79 Å². The van der Waals surface area contributed by atoms with Gasteiger partial charge in [0.15, 0.2) is 5.17 Å². The van der Waals surface area contributed by atoms with Gasteiger partial charge < -0.3 is 0 Å². The van der Waals surface area contributed by atoms with Gasteiger partial charge in [-0.25, -0.2) is 4.99 Å². The summed E-state index contributed by atoms with van der Waals surface area (Å²) in [4.78, 5) is 23.4. The summed E-state index contributed by atoms with van der Waals surface area (Å²) in [5.41, 5.74) is 1.40. The van der Waals surface area contributed by atoms with E-state index in [4.69, 9.17) is 23.2 Å². The van der Waals surface area contributed by atoms with Crippen molar-refractivity contribution in [2.75, 3.05) is 6.54 Å². The van der Waals surface area contributed by atoms with Crippen LogP contribution >= 0.6 is 35.0 Å². The van der Waals surface area contributed by atoms with Gasteiger partial charge in [-0.1, -0.05) is 35.3 Å². The summed E-state index contributed by atoms with van der Waals surface area (Å²) < 4.78 is 0. The normalized spacial score (nSPS) is 17.5. The predicted molar refractivity (Wildman–Crippen MR) is 105 cm³/mol.